The lowest BCUT2D eigenvalue weighted by Crippen LogP contribution is -2.54. The first-order valence-electron chi connectivity index (χ1n) is 8.94. The normalized spacial score (nSPS) is 19.8. The Morgan fingerprint density at radius 1 is 1.19 bits per heavy atom. The van der Waals surface area contributed by atoms with Gasteiger partial charge in [0, 0.05) is 37.2 Å². The maximum atomic E-state index is 12.5. The number of rotatable bonds is 6. The Kier molecular flexibility index (Phi) is 6.40. The number of hydrogen-bond donors (Lipinski definition) is 2. The molecule has 2 amide bonds. The SMILES string of the molecule is C[C@H](C(=O)Nc1ccc(Cl)cc1Cl)N1CCN(CC(=O)NC2CC2)CC1. The van der Waals surface area contributed by atoms with E-state index < -0.39 is 0 Å². The summed E-state index contributed by atoms with van der Waals surface area (Å²) in [6.45, 7) is 5.37. The zero-order valence-corrected chi connectivity index (χ0v) is 16.3. The maximum absolute atomic E-state index is 12.5. The van der Waals surface area contributed by atoms with Crippen LogP contribution in [-0.2, 0) is 9.59 Å². The number of amides is 2. The molecule has 2 aliphatic rings. The summed E-state index contributed by atoms with van der Waals surface area (Å²) in [5.41, 5.74) is 0.559. The molecule has 1 heterocycles. The van der Waals surface area contributed by atoms with Gasteiger partial charge in [-0.25, -0.2) is 0 Å². The Morgan fingerprint density at radius 3 is 2.50 bits per heavy atom. The first-order chi connectivity index (χ1) is 12.4. The lowest BCUT2D eigenvalue weighted by molar-refractivity contribution is -0.124. The number of piperazine rings is 1. The molecule has 2 N–H and O–H groups in total. The molecule has 0 bridgehead atoms. The predicted molar refractivity (Wildman–Crippen MR) is 104 cm³/mol. The first-order valence-corrected chi connectivity index (χ1v) is 9.69. The van der Waals surface area contributed by atoms with Gasteiger partial charge in [0.2, 0.25) is 11.8 Å². The summed E-state index contributed by atoms with van der Waals surface area (Å²) in [5, 5.41) is 6.82. The number of nitrogens with zero attached hydrogens (tertiary/aromatic N) is 2. The van der Waals surface area contributed by atoms with Crippen LogP contribution in [0, 0.1) is 0 Å². The standard InChI is InChI=1S/C18H24Cl2N4O2/c1-12(18(26)22-16-5-2-13(19)10-15(16)20)24-8-6-23(7-9-24)11-17(25)21-14-3-4-14/h2,5,10,12,14H,3-4,6-9,11H2,1H3,(H,21,25)(H,22,26)/t12-/m1/s1. The second kappa shape index (κ2) is 8.57. The number of nitrogens with one attached hydrogen (secondary N) is 2. The van der Waals surface area contributed by atoms with Crippen molar-refractivity contribution in [3.8, 4) is 0 Å². The summed E-state index contributed by atoms with van der Waals surface area (Å²) in [6.07, 6.45) is 2.20. The molecule has 142 valence electrons. The van der Waals surface area contributed by atoms with E-state index in [1.54, 1.807) is 18.2 Å². The van der Waals surface area contributed by atoms with Gasteiger partial charge in [0.05, 0.1) is 23.3 Å². The molecule has 26 heavy (non-hydrogen) atoms. The fraction of sp³-hybridized carbons (Fsp3) is 0.556. The molecule has 1 saturated heterocycles. The Hall–Kier alpha value is -1.34. The second-order valence-electron chi connectivity index (χ2n) is 6.94. The number of hydrogen-bond acceptors (Lipinski definition) is 4. The molecular formula is C18H24Cl2N4O2. The van der Waals surface area contributed by atoms with E-state index in [0.29, 0.717) is 28.3 Å². The minimum absolute atomic E-state index is 0.101. The average molecular weight is 399 g/mol. The Morgan fingerprint density at radius 2 is 1.88 bits per heavy atom. The van der Waals surface area contributed by atoms with E-state index in [9.17, 15) is 9.59 Å². The third kappa shape index (κ3) is 5.33. The molecule has 1 aromatic carbocycles. The van der Waals surface area contributed by atoms with Crippen molar-refractivity contribution < 1.29 is 9.59 Å². The molecule has 1 atom stereocenters. The van der Waals surface area contributed by atoms with Crippen LogP contribution in [0.5, 0.6) is 0 Å². The summed E-state index contributed by atoms with van der Waals surface area (Å²) in [7, 11) is 0. The van der Waals surface area contributed by atoms with Crippen molar-refractivity contribution in [2.75, 3.05) is 38.0 Å². The van der Waals surface area contributed by atoms with Crippen LogP contribution >= 0.6 is 23.2 Å². The van der Waals surface area contributed by atoms with Gasteiger partial charge in [-0.15, -0.1) is 0 Å². The van der Waals surface area contributed by atoms with Crippen LogP contribution in [0.1, 0.15) is 19.8 Å². The molecule has 1 aliphatic carbocycles. The van der Waals surface area contributed by atoms with Crippen molar-refractivity contribution in [2.24, 2.45) is 0 Å². The van der Waals surface area contributed by atoms with Crippen molar-refractivity contribution >= 4 is 40.7 Å². The highest BCUT2D eigenvalue weighted by atomic mass is 35.5. The van der Waals surface area contributed by atoms with Crippen LogP contribution in [-0.4, -0.2) is 66.4 Å². The van der Waals surface area contributed by atoms with E-state index in [1.807, 2.05) is 6.92 Å². The van der Waals surface area contributed by atoms with E-state index in [2.05, 4.69) is 20.4 Å². The van der Waals surface area contributed by atoms with Gasteiger partial charge in [0.15, 0.2) is 0 Å². The van der Waals surface area contributed by atoms with Crippen LogP contribution in [0.25, 0.3) is 0 Å². The van der Waals surface area contributed by atoms with Gasteiger partial charge >= 0.3 is 0 Å². The first kappa shape index (κ1) is 19.4. The zero-order valence-electron chi connectivity index (χ0n) is 14.8. The minimum Gasteiger partial charge on any atom is -0.352 e. The van der Waals surface area contributed by atoms with E-state index in [1.165, 1.54) is 0 Å². The maximum Gasteiger partial charge on any atom is 0.241 e. The number of carbonyl (C=O) groups is 2. The summed E-state index contributed by atoms with van der Waals surface area (Å²) in [4.78, 5) is 28.7. The lowest BCUT2D eigenvalue weighted by Gasteiger charge is -2.37. The van der Waals surface area contributed by atoms with Crippen molar-refractivity contribution in [3.05, 3.63) is 28.2 Å². The van der Waals surface area contributed by atoms with Crippen LogP contribution in [0.15, 0.2) is 18.2 Å². The number of carbonyl (C=O) groups excluding carboxylic acids is 2. The van der Waals surface area contributed by atoms with E-state index in [4.69, 9.17) is 23.2 Å². The molecule has 0 aromatic heterocycles. The van der Waals surface area contributed by atoms with Crippen molar-refractivity contribution in [3.63, 3.8) is 0 Å². The van der Waals surface area contributed by atoms with Crippen LogP contribution in [0.3, 0.4) is 0 Å². The van der Waals surface area contributed by atoms with Gasteiger partial charge in [-0.3, -0.25) is 19.4 Å². The molecule has 1 saturated carbocycles. The highest BCUT2D eigenvalue weighted by molar-refractivity contribution is 6.36. The van der Waals surface area contributed by atoms with E-state index in [-0.39, 0.29) is 17.9 Å². The van der Waals surface area contributed by atoms with Gasteiger partial charge in [0.1, 0.15) is 0 Å². The van der Waals surface area contributed by atoms with Gasteiger partial charge in [-0.2, -0.15) is 0 Å². The molecule has 1 aliphatic heterocycles. The number of benzene rings is 1. The zero-order chi connectivity index (χ0) is 18.7. The quantitative estimate of drug-likeness (QED) is 0.770. The summed E-state index contributed by atoms with van der Waals surface area (Å²) < 4.78 is 0. The summed E-state index contributed by atoms with van der Waals surface area (Å²) in [5.74, 6) is -0.00160. The number of anilines is 1. The second-order valence-corrected chi connectivity index (χ2v) is 7.79. The Bertz CT molecular complexity index is 673. The van der Waals surface area contributed by atoms with Crippen LogP contribution in [0.4, 0.5) is 5.69 Å². The van der Waals surface area contributed by atoms with Crippen LogP contribution in [0.2, 0.25) is 10.0 Å². The monoisotopic (exact) mass is 398 g/mol. The minimum atomic E-state index is -0.274. The number of halogens is 2. The van der Waals surface area contributed by atoms with Gasteiger partial charge in [-0.1, -0.05) is 23.2 Å². The molecule has 1 aromatic rings. The van der Waals surface area contributed by atoms with E-state index >= 15 is 0 Å². The molecular weight excluding hydrogens is 375 g/mol. The highest BCUT2D eigenvalue weighted by Crippen LogP contribution is 2.25. The van der Waals surface area contributed by atoms with Gasteiger partial charge in [0.25, 0.3) is 0 Å². The van der Waals surface area contributed by atoms with Gasteiger partial charge < -0.3 is 10.6 Å². The predicted octanol–water partition coefficient (Wildman–Crippen LogP) is 2.22. The lowest BCUT2D eigenvalue weighted by atomic mass is 10.2. The topological polar surface area (TPSA) is 64.7 Å². The third-order valence-electron chi connectivity index (χ3n) is 4.83. The van der Waals surface area contributed by atoms with E-state index in [0.717, 1.165) is 39.0 Å². The Labute approximate surface area is 163 Å². The fourth-order valence-corrected chi connectivity index (χ4v) is 3.46. The van der Waals surface area contributed by atoms with Crippen LogP contribution < -0.4 is 10.6 Å². The largest absolute Gasteiger partial charge is 0.352 e. The molecule has 3 rings (SSSR count). The highest BCUT2D eigenvalue weighted by Gasteiger charge is 2.28. The molecule has 0 radical (unpaired) electrons. The van der Waals surface area contributed by atoms with Crippen molar-refractivity contribution in [1.29, 1.82) is 0 Å². The van der Waals surface area contributed by atoms with Crippen molar-refractivity contribution in [2.45, 2.75) is 31.8 Å². The molecule has 0 unspecified atom stereocenters. The average Bonchev–Trinajstić information content (AvgIpc) is 3.41. The summed E-state index contributed by atoms with van der Waals surface area (Å²) in [6, 6.07) is 5.12. The molecule has 2 fully saturated rings. The third-order valence-corrected chi connectivity index (χ3v) is 5.38. The Balaban J connectivity index is 1.45. The smallest absolute Gasteiger partial charge is 0.241 e. The fourth-order valence-electron chi connectivity index (χ4n) is 3.01. The molecule has 6 nitrogen and oxygen atoms in total. The van der Waals surface area contributed by atoms with Crippen molar-refractivity contribution in [1.82, 2.24) is 15.1 Å². The molecule has 8 heteroatoms. The van der Waals surface area contributed by atoms with Gasteiger partial charge in [-0.05, 0) is 38.0 Å². The molecule has 0 spiro atoms. The summed E-state index contributed by atoms with van der Waals surface area (Å²) >= 11 is 12.0.